The number of hydrogen-bond donors (Lipinski definition) is 29. The standard InChI is InChI=1S/C79H149N31O18S2/c1-47(2)43-57-74(126)107-52(23-9-14-36-83)69(121)108-56(31-32-63(114)115)73(125)104-51(22-8-13-35-82)68(120)103-53(24-10-15-37-84)72(124)110-59(75(127)128)46-130-129-45-58(65(117)98-44-62(113)100-50(67(119)109-57)26-18-40-95-77(87)88)101-61(112)30-6-4-16-38-93-64(116)48(21-7-12-34-81)102-70(122)54(27-19-41-96-78(89)90)106-71(123)55(28-20-42-97-79(91)92)105-66(118)49(25-17-39-94-76(85)86)99-60(111)29-5-3-11-33-80/h47-59H,3-46,80-84H2,1-2H3,(H,93,116)(H,98,117)(H,99,111)(H,100,113)(H,101,112)(H,102,122)(H,103,120)(H,104,125)(H,105,118)(H,106,123)(H,107,126)(H,108,121)(H,109,119)(H,110,124)(H,114,115)(H,127,128)(H4,85,86,94)(H4,87,88,95)(H4,89,90,96)(H4,91,92,97)/t48-,49+,50-,51-,52-,53+,54-,55-,56+,57+,58+,59+/m1/s1. The van der Waals surface area contributed by atoms with E-state index in [9.17, 15) is 86.9 Å². The molecule has 12 atom stereocenters. The Hall–Kier alpha value is -10.9. The van der Waals surface area contributed by atoms with Gasteiger partial charge in [0.1, 0.15) is 72.5 Å². The molecule has 0 spiro atoms. The number of carbonyl (C=O) groups excluding carboxylic acids is 14. The number of carbonyl (C=O) groups is 16. The summed E-state index contributed by atoms with van der Waals surface area (Å²) in [5.74, 6) is -16.4. The van der Waals surface area contributed by atoms with E-state index in [1.54, 1.807) is 13.8 Å². The van der Waals surface area contributed by atoms with Gasteiger partial charge in [-0.2, -0.15) is 0 Å². The zero-order valence-electron chi connectivity index (χ0n) is 75.2. The van der Waals surface area contributed by atoms with Crippen LogP contribution in [0.4, 0.5) is 0 Å². The summed E-state index contributed by atoms with van der Waals surface area (Å²) >= 11 is 0. The van der Waals surface area contributed by atoms with Gasteiger partial charge in [-0.1, -0.05) is 48.3 Å². The Bertz CT molecular complexity index is 3630. The predicted molar refractivity (Wildman–Crippen MR) is 495 cm³/mol. The van der Waals surface area contributed by atoms with E-state index >= 15 is 0 Å². The molecule has 1 fully saturated rings. The zero-order valence-corrected chi connectivity index (χ0v) is 76.8. The van der Waals surface area contributed by atoms with Crippen molar-refractivity contribution in [1.29, 1.82) is 0 Å². The molecule has 51 heteroatoms. The van der Waals surface area contributed by atoms with Gasteiger partial charge in [0.2, 0.25) is 82.7 Å². The average molecular weight is 1890 g/mol. The van der Waals surface area contributed by atoms with Gasteiger partial charge < -0.3 is 159 Å². The number of guanidine groups is 4. The Balaban J connectivity index is 3.86. The first kappa shape index (κ1) is 117. The van der Waals surface area contributed by atoms with Gasteiger partial charge in [0.05, 0.1) is 6.54 Å². The third kappa shape index (κ3) is 55.2. The molecule has 1 heterocycles. The number of hydrogen-bond acceptors (Lipinski definition) is 27. The van der Waals surface area contributed by atoms with E-state index in [4.69, 9.17) is 74.5 Å². The normalized spacial score (nSPS) is 19.3. The second kappa shape index (κ2) is 70.0. The fourth-order valence-corrected chi connectivity index (χ4v) is 15.3. The second-order valence-electron chi connectivity index (χ2n) is 31.7. The lowest BCUT2D eigenvalue weighted by Gasteiger charge is -2.28. The maximum atomic E-state index is 14.5. The van der Waals surface area contributed by atoms with Crippen LogP contribution in [0, 0.1) is 5.92 Å². The molecular formula is C79H149N31O18S2. The van der Waals surface area contributed by atoms with Crippen molar-refractivity contribution in [2.75, 3.05) is 83.5 Å². The molecule has 130 heavy (non-hydrogen) atoms. The second-order valence-corrected chi connectivity index (χ2v) is 34.3. The van der Waals surface area contributed by atoms with E-state index in [0.29, 0.717) is 64.3 Å². The lowest BCUT2D eigenvalue weighted by molar-refractivity contribution is -0.142. The third-order valence-corrected chi connectivity index (χ3v) is 22.4. The number of nitrogens with one attached hydrogen (secondary N) is 14. The molecule has 14 amide bonds. The van der Waals surface area contributed by atoms with Crippen LogP contribution in [0.2, 0.25) is 0 Å². The molecular weight excluding hydrogens is 1740 g/mol. The van der Waals surface area contributed by atoms with Crippen molar-refractivity contribution in [3.8, 4) is 0 Å². The lowest BCUT2D eigenvalue weighted by atomic mass is 10.0. The molecule has 1 rings (SSSR count). The first-order chi connectivity index (χ1) is 61.9. The summed E-state index contributed by atoms with van der Waals surface area (Å²) in [5.41, 5.74) is 73.5. The summed E-state index contributed by atoms with van der Waals surface area (Å²) in [4.78, 5) is 240. The van der Waals surface area contributed by atoms with Crippen LogP contribution in [0.25, 0.3) is 0 Å². The van der Waals surface area contributed by atoms with Crippen molar-refractivity contribution in [3.05, 3.63) is 0 Å². The number of aliphatic carboxylic acids is 2. The molecule has 0 aromatic rings. The summed E-state index contributed by atoms with van der Waals surface area (Å²) < 4.78 is 0. The molecule has 1 saturated heterocycles. The van der Waals surface area contributed by atoms with Gasteiger partial charge in [-0.3, -0.25) is 91.9 Å². The maximum Gasteiger partial charge on any atom is 0.327 e. The number of amides is 14. The number of nitrogens with two attached hydrogens (primary N) is 13. The molecule has 0 aliphatic carbocycles. The quantitative estimate of drug-likeness (QED) is 0.0116. The molecule has 1 aliphatic rings. The Kier molecular flexibility index (Phi) is 63.1. The summed E-state index contributed by atoms with van der Waals surface area (Å²) in [6.45, 7) is 4.02. The maximum absolute atomic E-state index is 14.5. The molecule has 0 unspecified atom stereocenters. The molecule has 0 radical (unpaired) electrons. The van der Waals surface area contributed by atoms with Crippen molar-refractivity contribution in [1.82, 2.24) is 74.4 Å². The van der Waals surface area contributed by atoms with E-state index in [-0.39, 0.29) is 229 Å². The van der Waals surface area contributed by atoms with Gasteiger partial charge in [-0.15, -0.1) is 0 Å². The first-order valence-corrected chi connectivity index (χ1v) is 47.0. The fraction of sp³-hybridized carbons (Fsp3) is 0.747. The van der Waals surface area contributed by atoms with Crippen LogP contribution < -0.4 is 149 Å². The molecule has 0 bridgehead atoms. The Morgan fingerprint density at radius 3 is 1.16 bits per heavy atom. The highest BCUT2D eigenvalue weighted by Gasteiger charge is 2.37. The van der Waals surface area contributed by atoms with Crippen LogP contribution in [-0.4, -0.2) is 285 Å². The van der Waals surface area contributed by atoms with Gasteiger partial charge in [0, 0.05) is 63.5 Å². The van der Waals surface area contributed by atoms with Crippen molar-refractivity contribution < 1.29 is 86.9 Å². The zero-order chi connectivity index (χ0) is 97.3. The van der Waals surface area contributed by atoms with E-state index in [1.807, 2.05) is 0 Å². The van der Waals surface area contributed by atoms with E-state index in [1.165, 1.54) is 0 Å². The highest BCUT2D eigenvalue weighted by Crippen LogP contribution is 2.24. The van der Waals surface area contributed by atoms with Crippen LogP contribution in [0.3, 0.4) is 0 Å². The molecule has 0 aromatic carbocycles. The van der Waals surface area contributed by atoms with Gasteiger partial charge in [-0.05, 0) is 206 Å². The highest BCUT2D eigenvalue weighted by molar-refractivity contribution is 8.76. The minimum Gasteiger partial charge on any atom is -0.481 e. The number of carboxylic acid groups (broad SMARTS) is 2. The summed E-state index contributed by atoms with van der Waals surface area (Å²) in [7, 11) is 1.75. The Morgan fingerprint density at radius 2 is 0.731 bits per heavy atom. The summed E-state index contributed by atoms with van der Waals surface area (Å²) in [6.07, 6.45) is 4.02. The van der Waals surface area contributed by atoms with Crippen molar-refractivity contribution in [2.24, 2.45) is 100 Å². The minimum atomic E-state index is -1.67. The number of carboxylic acids is 2. The minimum absolute atomic E-state index is 0.0218. The molecule has 42 N–H and O–H groups in total. The fourth-order valence-electron chi connectivity index (χ4n) is 13.0. The lowest BCUT2D eigenvalue weighted by Crippen LogP contribution is -2.60. The first-order valence-electron chi connectivity index (χ1n) is 44.5. The predicted octanol–water partition coefficient (Wildman–Crippen LogP) is -7.76. The molecule has 740 valence electrons. The Morgan fingerprint density at radius 1 is 0.377 bits per heavy atom. The van der Waals surface area contributed by atoms with Crippen LogP contribution in [-0.2, 0) is 76.7 Å². The Labute approximate surface area is 767 Å². The van der Waals surface area contributed by atoms with Crippen LogP contribution in [0.1, 0.15) is 213 Å². The van der Waals surface area contributed by atoms with E-state index in [2.05, 4.69) is 94.4 Å². The largest absolute Gasteiger partial charge is 0.481 e. The van der Waals surface area contributed by atoms with Gasteiger partial charge in [0.15, 0.2) is 23.8 Å². The van der Waals surface area contributed by atoms with Crippen molar-refractivity contribution >= 4 is 140 Å². The van der Waals surface area contributed by atoms with Crippen molar-refractivity contribution in [2.45, 2.75) is 285 Å². The van der Waals surface area contributed by atoms with Crippen LogP contribution >= 0.6 is 21.6 Å². The van der Waals surface area contributed by atoms with Crippen molar-refractivity contribution in [3.63, 3.8) is 0 Å². The smallest absolute Gasteiger partial charge is 0.327 e. The highest BCUT2D eigenvalue weighted by atomic mass is 33.1. The number of nitrogens with zero attached hydrogens (tertiary/aromatic N) is 4. The molecule has 0 aromatic heterocycles. The monoisotopic (exact) mass is 1880 g/mol. The number of unbranched alkanes of at least 4 members (excludes halogenated alkanes) is 8. The van der Waals surface area contributed by atoms with Gasteiger partial charge >= 0.3 is 11.9 Å². The summed E-state index contributed by atoms with van der Waals surface area (Å²) in [5, 5.41) is 57.3. The number of rotatable bonds is 58. The van der Waals surface area contributed by atoms with Gasteiger partial charge in [0.25, 0.3) is 0 Å². The molecule has 1 aliphatic heterocycles. The van der Waals surface area contributed by atoms with E-state index in [0.717, 1.165) is 21.6 Å². The van der Waals surface area contributed by atoms with E-state index < -0.39 is 187 Å². The molecule has 49 nitrogen and oxygen atoms in total. The SMILES string of the molecule is CC(C)C[C@@H]1NC(=O)[C@@H](CCCN=C(N)N)NC(=O)CNC(=O)[C@@H](NC(=O)CCCCCNC(=O)[C@@H](CCCCN)NC(=O)[C@@H](CCCN=C(N)N)NC(=O)[C@@H](CCCN=C(N)N)NC(=O)[C@H](CCCN=C(N)N)NC(=O)CCCCCN)CSSC[C@@H](C(=O)O)NC(=O)[C@H](CCCCN)NC(=O)[C@@H](CCCCN)NC(=O)[C@H](CCC(=O)O)NC(=O)[C@@H](CCCCN)NC1=O. The van der Waals surface area contributed by atoms with Gasteiger partial charge in [-0.25, -0.2) is 4.79 Å². The number of aliphatic imine (C=N–C) groups is 4. The topological polar surface area (TPSA) is 870 Å². The van der Waals surface area contributed by atoms with Crippen LogP contribution in [0.15, 0.2) is 20.0 Å². The average Bonchev–Trinajstić information content (AvgIpc) is 0.876. The summed E-state index contributed by atoms with van der Waals surface area (Å²) in [6, 6.07) is -17.1. The molecule has 0 saturated carbocycles. The van der Waals surface area contributed by atoms with Crippen LogP contribution in [0.5, 0.6) is 0 Å². The third-order valence-electron chi connectivity index (χ3n) is 20.0.